The van der Waals surface area contributed by atoms with Crippen molar-refractivity contribution in [1.82, 2.24) is 0 Å². The van der Waals surface area contributed by atoms with Crippen molar-refractivity contribution in [2.75, 3.05) is 18.5 Å². The van der Waals surface area contributed by atoms with Gasteiger partial charge in [0.05, 0.1) is 0 Å². The molecular formula is C16H24F2N2. The molecule has 1 aromatic carbocycles. The summed E-state index contributed by atoms with van der Waals surface area (Å²) < 4.78 is 28.3. The first-order chi connectivity index (χ1) is 9.47. The Morgan fingerprint density at radius 2 is 1.80 bits per heavy atom. The summed E-state index contributed by atoms with van der Waals surface area (Å²) >= 11 is 0. The molecular weight excluding hydrogens is 258 g/mol. The highest BCUT2D eigenvalue weighted by atomic mass is 19.1. The van der Waals surface area contributed by atoms with Gasteiger partial charge >= 0.3 is 0 Å². The van der Waals surface area contributed by atoms with Crippen molar-refractivity contribution in [3.05, 3.63) is 29.3 Å². The summed E-state index contributed by atoms with van der Waals surface area (Å²) in [6.45, 7) is 2.55. The van der Waals surface area contributed by atoms with Crippen LogP contribution in [0.4, 0.5) is 14.5 Å². The number of halogens is 2. The topological polar surface area (TPSA) is 29.3 Å². The van der Waals surface area contributed by atoms with Crippen LogP contribution in [0, 0.1) is 17.6 Å². The fraction of sp³-hybridized carbons (Fsp3) is 0.625. The van der Waals surface area contributed by atoms with Gasteiger partial charge in [-0.25, -0.2) is 8.78 Å². The highest BCUT2D eigenvalue weighted by Gasteiger charge is 2.21. The zero-order chi connectivity index (χ0) is 14.7. The summed E-state index contributed by atoms with van der Waals surface area (Å²) in [4.78, 5) is 1.72. The third kappa shape index (κ3) is 3.69. The van der Waals surface area contributed by atoms with Gasteiger partial charge in [-0.2, -0.15) is 0 Å². The number of anilines is 1. The third-order valence-corrected chi connectivity index (χ3v) is 4.02. The van der Waals surface area contributed by atoms with E-state index in [0.717, 1.165) is 19.4 Å². The average molecular weight is 282 g/mol. The molecule has 0 heterocycles. The number of nitrogens with two attached hydrogens (primary N) is 1. The van der Waals surface area contributed by atoms with Crippen LogP contribution in [0.1, 0.15) is 38.2 Å². The summed E-state index contributed by atoms with van der Waals surface area (Å²) in [5, 5.41) is 0. The first-order valence-electron chi connectivity index (χ1n) is 7.42. The minimum absolute atomic E-state index is 0.0883. The molecule has 4 heteroatoms. The number of benzene rings is 1. The van der Waals surface area contributed by atoms with E-state index in [1.54, 1.807) is 11.9 Å². The molecule has 20 heavy (non-hydrogen) atoms. The zero-order valence-corrected chi connectivity index (χ0v) is 12.3. The monoisotopic (exact) mass is 282 g/mol. The fourth-order valence-corrected chi connectivity index (χ4v) is 3.14. The Hall–Kier alpha value is -1.16. The molecule has 0 radical (unpaired) electrons. The molecule has 0 aliphatic heterocycles. The van der Waals surface area contributed by atoms with Crippen LogP contribution in [-0.4, -0.2) is 19.6 Å². The molecule has 2 rings (SSSR count). The van der Waals surface area contributed by atoms with Gasteiger partial charge in [-0.05, 0) is 49.8 Å². The maximum atomic E-state index is 14.2. The Bertz CT molecular complexity index is 431. The van der Waals surface area contributed by atoms with Crippen LogP contribution in [0.25, 0.3) is 0 Å². The Morgan fingerprint density at radius 3 is 2.30 bits per heavy atom. The summed E-state index contributed by atoms with van der Waals surface area (Å²) in [6, 6.07) is 2.72. The molecule has 1 aliphatic carbocycles. The Morgan fingerprint density at radius 1 is 1.25 bits per heavy atom. The molecule has 1 aliphatic rings. The van der Waals surface area contributed by atoms with Gasteiger partial charge in [0.1, 0.15) is 17.3 Å². The molecule has 1 atom stereocenters. The fourth-order valence-electron chi connectivity index (χ4n) is 3.14. The van der Waals surface area contributed by atoms with Crippen LogP contribution in [-0.2, 0) is 6.42 Å². The number of hydrogen-bond acceptors (Lipinski definition) is 2. The third-order valence-electron chi connectivity index (χ3n) is 4.02. The molecule has 1 saturated carbocycles. The van der Waals surface area contributed by atoms with Gasteiger partial charge in [0.25, 0.3) is 0 Å². The van der Waals surface area contributed by atoms with Gasteiger partial charge in [0, 0.05) is 19.6 Å². The standard InChI is InChI=1S/C16H24F2N2/c1-11(19)7-13-8-14(17)16(15(18)9-13)20(2)10-12-5-3-4-6-12/h8-9,11-12H,3-7,10,19H2,1-2H3. The molecule has 0 bridgehead atoms. The molecule has 2 N–H and O–H groups in total. The lowest BCUT2D eigenvalue weighted by Gasteiger charge is -2.24. The highest BCUT2D eigenvalue weighted by Crippen LogP contribution is 2.29. The summed E-state index contributed by atoms with van der Waals surface area (Å²) in [5.41, 5.74) is 6.38. The van der Waals surface area contributed by atoms with Crippen LogP contribution in [0.15, 0.2) is 12.1 Å². The van der Waals surface area contributed by atoms with Crippen molar-refractivity contribution in [2.24, 2.45) is 11.7 Å². The number of hydrogen-bond donors (Lipinski definition) is 1. The Balaban J connectivity index is 2.13. The van der Waals surface area contributed by atoms with Crippen LogP contribution in [0.3, 0.4) is 0 Å². The quantitative estimate of drug-likeness (QED) is 0.896. The van der Waals surface area contributed by atoms with E-state index in [1.165, 1.54) is 25.0 Å². The van der Waals surface area contributed by atoms with Gasteiger partial charge in [0.2, 0.25) is 0 Å². The van der Waals surface area contributed by atoms with E-state index in [1.807, 2.05) is 6.92 Å². The van der Waals surface area contributed by atoms with E-state index in [2.05, 4.69) is 0 Å². The molecule has 0 saturated heterocycles. The second kappa shape index (κ2) is 6.53. The minimum atomic E-state index is -0.485. The van der Waals surface area contributed by atoms with Crippen molar-refractivity contribution in [3.63, 3.8) is 0 Å². The van der Waals surface area contributed by atoms with E-state index in [4.69, 9.17) is 5.73 Å². The SMILES string of the molecule is CC(N)Cc1cc(F)c(N(C)CC2CCCC2)c(F)c1. The van der Waals surface area contributed by atoms with Gasteiger partial charge < -0.3 is 10.6 Å². The molecule has 1 aromatic rings. The lowest BCUT2D eigenvalue weighted by atomic mass is 10.0. The molecule has 0 amide bonds. The van der Waals surface area contributed by atoms with E-state index in [9.17, 15) is 8.78 Å². The maximum absolute atomic E-state index is 14.2. The smallest absolute Gasteiger partial charge is 0.149 e. The normalized spacial score (nSPS) is 17.4. The molecule has 1 unspecified atom stereocenters. The molecule has 0 aromatic heterocycles. The lowest BCUT2D eigenvalue weighted by molar-refractivity contribution is 0.523. The Kier molecular flexibility index (Phi) is 4.97. The zero-order valence-electron chi connectivity index (χ0n) is 12.3. The lowest BCUT2D eigenvalue weighted by Crippen LogP contribution is -2.26. The Labute approximate surface area is 120 Å². The predicted octanol–water partition coefficient (Wildman–Crippen LogP) is 3.48. The van der Waals surface area contributed by atoms with E-state index in [0.29, 0.717) is 17.9 Å². The van der Waals surface area contributed by atoms with Crippen LogP contribution < -0.4 is 10.6 Å². The summed E-state index contributed by atoms with van der Waals surface area (Å²) in [6.07, 6.45) is 5.28. The number of nitrogens with zero attached hydrogens (tertiary/aromatic N) is 1. The summed E-state index contributed by atoms with van der Waals surface area (Å²) in [7, 11) is 1.77. The minimum Gasteiger partial charge on any atom is -0.370 e. The van der Waals surface area contributed by atoms with Crippen LogP contribution >= 0.6 is 0 Å². The molecule has 1 fully saturated rings. The van der Waals surface area contributed by atoms with E-state index in [-0.39, 0.29) is 11.7 Å². The number of rotatable bonds is 5. The van der Waals surface area contributed by atoms with Crippen molar-refractivity contribution in [1.29, 1.82) is 0 Å². The van der Waals surface area contributed by atoms with Crippen molar-refractivity contribution in [3.8, 4) is 0 Å². The molecule has 0 spiro atoms. The van der Waals surface area contributed by atoms with Gasteiger partial charge in [-0.15, -0.1) is 0 Å². The van der Waals surface area contributed by atoms with Gasteiger partial charge in [-0.3, -0.25) is 0 Å². The van der Waals surface area contributed by atoms with E-state index < -0.39 is 11.6 Å². The van der Waals surface area contributed by atoms with Crippen molar-refractivity contribution < 1.29 is 8.78 Å². The first-order valence-corrected chi connectivity index (χ1v) is 7.42. The van der Waals surface area contributed by atoms with Gasteiger partial charge in [-0.1, -0.05) is 12.8 Å². The van der Waals surface area contributed by atoms with E-state index >= 15 is 0 Å². The largest absolute Gasteiger partial charge is 0.370 e. The maximum Gasteiger partial charge on any atom is 0.149 e. The summed E-state index contributed by atoms with van der Waals surface area (Å²) in [5.74, 6) is -0.412. The van der Waals surface area contributed by atoms with Crippen LogP contribution in [0.2, 0.25) is 0 Å². The first kappa shape index (κ1) is 15.2. The highest BCUT2D eigenvalue weighted by molar-refractivity contribution is 5.50. The van der Waals surface area contributed by atoms with Crippen molar-refractivity contribution >= 4 is 5.69 Å². The van der Waals surface area contributed by atoms with Crippen LogP contribution in [0.5, 0.6) is 0 Å². The predicted molar refractivity (Wildman–Crippen MR) is 78.9 cm³/mol. The second-order valence-electron chi connectivity index (χ2n) is 6.12. The average Bonchev–Trinajstić information content (AvgIpc) is 2.79. The van der Waals surface area contributed by atoms with Gasteiger partial charge in [0.15, 0.2) is 0 Å². The molecule has 112 valence electrons. The molecule has 2 nitrogen and oxygen atoms in total. The second-order valence-corrected chi connectivity index (χ2v) is 6.12. The van der Waals surface area contributed by atoms with Crippen molar-refractivity contribution in [2.45, 2.75) is 45.1 Å².